The Hall–Kier alpha value is -2.04. The van der Waals surface area contributed by atoms with E-state index in [1.807, 2.05) is 24.2 Å². The molecule has 0 aliphatic carbocycles. The van der Waals surface area contributed by atoms with E-state index in [2.05, 4.69) is 26.7 Å². The fourth-order valence-corrected chi connectivity index (χ4v) is 2.51. The molecule has 2 aromatic heterocycles. The molecular formula is C13H16N4O. The van der Waals surface area contributed by atoms with E-state index in [0.29, 0.717) is 0 Å². The Morgan fingerprint density at radius 3 is 2.78 bits per heavy atom. The zero-order valence-electron chi connectivity index (χ0n) is 10.4. The van der Waals surface area contributed by atoms with Crippen molar-refractivity contribution >= 4 is 23.1 Å². The van der Waals surface area contributed by atoms with Gasteiger partial charge in [0.15, 0.2) is 0 Å². The van der Waals surface area contributed by atoms with Gasteiger partial charge in [-0.3, -0.25) is 4.79 Å². The Morgan fingerprint density at radius 1 is 1.28 bits per heavy atom. The Kier molecular flexibility index (Phi) is 2.66. The maximum atomic E-state index is 10.7. The van der Waals surface area contributed by atoms with Gasteiger partial charge in [0.1, 0.15) is 5.65 Å². The van der Waals surface area contributed by atoms with Crippen molar-refractivity contribution in [2.24, 2.45) is 7.05 Å². The monoisotopic (exact) mass is 244 g/mol. The van der Waals surface area contributed by atoms with E-state index < -0.39 is 0 Å². The summed E-state index contributed by atoms with van der Waals surface area (Å²) in [5.41, 5.74) is 2.22. The zero-order chi connectivity index (χ0) is 12.5. The van der Waals surface area contributed by atoms with Crippen LogP contribution in [0.4, 0.5) is 5.69 Å². The molecule has 3 heterocycles. The van der Waals surface area contributed by atoms with Crippen LogP contribution in [0.15, 0.2) is 24.5 Å². The first-order chi connectivity index (χ1) is 8.79. The van der Waals surface area contributed by atoms with E-state index in [0.717, 1.165) is 38.2 Å². The zero-order valence-corrected chi connectivity index (χ0v) is 10.4. The van der Waals surface area contributed by atoms with Crippen LogP contribution in [0.2, 0.25) is 0 Å². The molecule has 0 bridgehead atoms. The lowest BCUT2D eigenvalue weighted by atomic mass is 10.2. The summed E-state index contributed by atoms with van der Waals surface area (Å²) < 4.78 is 2.05. The number of rotatable bonds is 2. The van der Waals surface area contributed by atoms with Gasteiger partial charge in [0.2, 0.25) is 6.41 Å². The molecule has 94 valence electrons. The minimum absolute atomic E-state index is 0.792. The van der Waals surface area contributed by atoms with Crippen LogP contribution in [0, 0.1) is 0 Å². The number of anilines is 1. The third-order valence-electron chi connectivity index (χ3n) is 3.52. The molecule has 0 aromatic carbocycles. The predicted octanol–water partition coefficient (Wildman–Crippen LogP) is 0.852. The fourth-order valence-electron chi connectivity index (χ4n) is 2.51. The van der Waals surface area contributed by atoms with Gasteiger partial charge in [0.25, 0.3) is 0 Å². The highest BCUT2D eigenvalue weighted by molar-refractivity contribution is 5.91. The first-order valence-electron chi connectivity index (χ1n) is 6.14. The van der Waals surface area contributed by atoms with Crippen molar-refractivity contribution in [1.82, 2.24) is 14.5 Å². The second-order valence-electron chi connectivity index (χ2n) is 4.63. The number of aryl methyl sites for hydroxylation is 1. The minimum atomic E-state index is 0.792. The lowest BCUT2D eigenvalue weighted by molar-refractivity contribution is -0.118. The van der Waals surface area contributed by atoms with Gasteiger partial charge >= 0.3 is 0 Å². The summed E-state index contributed by atoms with van der Waals surface area (Å²) in [5.74, 6) is 0. The molecule has 1 amide bonds. The standard InChI is InChI=1S/C13H16N4O/c1-15-9-12(11-3-2-4-14-13(11)15)17-7-5-16(10-18)6-8-17/h2-4,9-10H,5-8H2,1H3. The number of piperazine rings is 1. The van der Waals surface area contributed by atoms with Crippen LogP contribution in [0.1, 0.15) is 0 Å². The Balaban J connectivity index is 1.93. The number of carbonyl (C=O) groups is 1. The van der Waals surface area contributed by atoms with E-state index in [4.69, 9.17) is 0 Å². The lowest BCUT2D eigenvalue weighted by Gasteiger charge is -2.33. The molecular weight excluding hydrogens is 228 g/mol. The highest BCUT2D eigenvalue weighted by Crippen LogP contribution is 2.27. The predicted molar refractivity (Wildman–Crippen MR) is 70.6 cm³/mol. The first kappa shape index (κ1) is 11.1. The smallest absolute Gasteiger partial charge is 0.209 e. The van der Waals surface area contributed by atoms with Crippen molar-refractivity contribution in [1.29, 1.82) is 0 Å². The van der Waals surface area contributed by atoms with Crippen LogP contribution in [0.25, 0.3) is 11.0 Å². The van der Waals surface area contributed by atoms with E-state index in [9.17, 15) is 4.79 Å². The Bertz CT molecular complexity index is 569. The molecule has 1 saturated heterocycles. The highest BCUT2D eigenvalue weighted by atomic mass is 16.1. The quantitative estimate of drug-likeness (QED) is 0.735. The summed E-state index contributed by atoms with van der Waals surface area (Å²) in [6.45, 7) is 3.35. The van der Waals surface area contributed by atoms with E-state index in [-0.39, 0.29) is 0 Å². The van der Waals surface area contributed by atoms with Crippen molar-refractivity contribution in [2.45, 2.75) is 0 Å². The number of fused-ring (bicyclic) bond motifs is 1. The molecule has 5 nitrogen and oxygen atoms in total. The molecule has 1 fully saturated rings. The third-order valence-corrected chi connectivity index (χ3v) is 3.52. The topological polar surface area (TPSA) is 41.4 Å². The minimum Gasteiger partial charge on any atom is -0.366 e. The second-order valence-corrected chi connectivity index (χ2v) is 4.63. The van der Waals surface area contributed by atoms with Crippen LogP contribution in [0.5, 0.6) is 0 Å². The van der Waals surface area contributed by atoms with Crippen LogP contribution in [0.3, 0.4) is 0 Å². The van der Waals surface area contributed by atoms with Crippen LogP contribution in [-0.4, -0.2) is 47.0 Å². The summed E-state index contributed by atoms with van der Waals surface area (Å²) >= 11 is 0. The molecule has 0 unspecified atom stereocenters. The average molecular weight is 244 g/mol. The molecule has 1 aliphatic heterocycles. The van der Waals surface area contributed by atoms with Crippen molar-refractivity contribution in [3.63, 3.8) is 0 Å². The van der Waals surface area contributed by atoms with Gasteiger partial charge in [-0.05, 0) is 12.1 Å². The number of amides is 1. The molecule has 0 radical (unpaired) electrons. The summed E-state index contributed by atoms with van der Waals surface area (Å²) in [7, 11) is 2.01. The van der Waals surface area contributed by atoms with Crippen LogP contribution in [-0.2, 0) is 11.8 Å². The van der Waals surface area contributed by atoms with Crippen molar-refractivity contribution in [2.75, 3.05) is 31.1 Å². The maximum Gasteiger partial charge on any atom is 0.209 e. The highest BCUT2D eigenvalue weighted by Gasteiger charge is 2.19. The molecule has 0 spiro atoms. The Labute approximate surface area is 106 Å². The summed E-state index contributed by atoms with van der Waals surface area (Å²) in [6.07, 6.45) is 4.87. The average Bonchev–Trinajstić information content (AvgIpc) is 2.77. The van der Waals surface area contributed by atoms with Gasteiger partial charge in [-0.15, -0.1) is 0 Å². The van der Waals surface area contributed by atoms with Gasteiger partial charge in [0, 0.05) is 51.0 Å². The first-order valence-corrected chi connectivity index (χ1v) is 6.14. The number of aromatic nitrogens is 2. The summed E-state index contributed by atoms with van der Waals surface area (Å²) in [6, 6.07) is 4.07. The number of hydrogen-bond donors (Lipinski definition) is 0. The van der Waals surface area contributed by atoms with E-state index in [1.54, 1.807) is 0 Å². The second kappa shape index (κ2) is 4.33. The molecule has 0 N–H and O–H groups in total. The van der Waals surface area contributed by atoms with Gasteiger partial charge in [-0.1, -0.05) is 0 Å². The van der Waals surface area contributed by atoms with Crippen molar-refractivity contribution in [3.8, 4) is 0 Å². The maximum absolute atomic E-state index is 10.7. The van der Waals surface area contributed by atoms with E-state index >= 15 is 0 Å². The largest absolute Gasteiger partial charge is 0.366 e. The molecule has 0 saturated carbocycles. The van der Waals surface area contributed by atoms with E-state index in [1.165, 1.54) is 11.1 Å². The van der Waals surface area contributed by atoms with Gasteiger partial charge in [-0.2, -0.15) is 0 Å². The lowest BCUT2D eigenvalue weighted by Crippen LogP contribution is -2.45. The molecule has 2 aromatic rings. The van der Waals surface area contributed by atoms with Gasteiger partial charge in [0.05, 0.1) is 5.69 Å². The normalized spacial score (nSPS) is 16.3. The van der Waals surface area contributed by atoms with Gasteiger partial charge in [-0.25, -0.2) is 4.98 Å². The Morgan fingerprint density at radius 2 is 2.06 bits per heavy atom. The van der Waals surface area contributed by atoms with Crippen molar-refractivity contribution in [3.05, 3.63) is 24.5 Å². The molecule has 18 heavy (non-hydrogen) atoms. The number of carbonyl (C=O) groups excluding carboxylic acids is 1. The van der Waals surface area contributed by atoms with Gasteiger partial charge < -0.3 is 14.4 Å². The number of hydrogen-bond acceptors (Lipinski definition) is 3. The molecule has 3 rings (SSSR count). The number of pyridine rings is 1. The summed E-state index contributed by atoms with van der Waals surface area (Å²) in [5, 5.41) is 1.18. The molecule has 1 aliphatic rings. The van der Waals surface area contributed by atoms with Crippen LogP contribution >= 0.6 is 0 Å². The SMILES string of the molecule is Cn1cc(N2CCN(C=O)CC2)c2cccnc21. The van der Waals surface area contributed by atoms with Crippen molar-refractivity contribution < 1.29 is 4.79 Å². The third kappa shape index (κ3) is 1.72. The molecule has 0 atom stereocenters. The molecule has 5 heteroatoms. The fraction of sp³-hybridized carbons (Fsp3) is 0.385. The van der Waals surface area contributed by atoms with Crippen LogP contribution < -0.4 is 4.90 Å². The summed E-state index contributed by atoms with van der Waals surface area (Å²) in [4.78, 5) is 19.3. The number of nitrogens with zero attached hydrogens (tertiary/aromatic N) is 4.